The summed E-state index contributed by atoms with van der Waals surface area (Å²) in [5.41, 5.74) is 16.0. The Kier molecular flexibility index (Phi) is 6.21. The zero-order chi connectivity index (χ0) is 19.6. The lowest BCUT2D eigenvalue weighted by molar-refractivity contribution is 0.589. The van der Waals surface area contributed by atoms with E-state index < -0.39 is 0 Å². The van der Waals surface area contributed by atoms with E-state index in [4.69, 9.17) is 5.73 Å². The summed E-state index contributed by atoms with van der Waals surface area (Å²) < 4.78 is 0. The highest BCUT2D eigenvalue weighted by atomic mass is 32.2. The summed E-state index contributed by atoms with van der Waals surface area (Å²) in [5, 5.41) is 3.88. The first kappa shape index (κ1) is 19.9. The van der Waals surface area contributed by atoms with E-state index >= 15 is 0 Å². The van der Waals surface area contributed by atoms with Gasteiger partial charge in [-0.1, -0.05) is 37.8 Å². The predicted molar refractivity (Wildman–Crippen MR) is 120 cm³/mol. The van der Waals surface area contributed by atoms with Crippen LogP contribution in [0.2, 0.25) is 0 Å². The Hall–Kier alpha value is -1.87. The Labute approximate surface area is 168 Å². The van der Waals surface area contributed by atoms with Crippen molar-refractivity contribution in [3.8, 4) is 0 Å². The van der Waals surface area contributed by atoms with E-state index in [-0.39, 0.29) is 5.37 Å². The van der Waals surface area contributed by atoms with Gasteiger partial charge in [-0.2, -0.15) is 0 Å². The van der Waals surface area contributed by atoms with Gasteiger partial charge in [0.2, 0.25) is 0 Å². The molecule has 27 heavy (non-hydrogen) atoms. The second kappa shape index (κ2) is 8.43. The molecule has 0 heterocycles. The van der Waals surface area contributed by atoms with Crippen molar-refractivity contribution in [1.82, 2.24) is 5.32 Å². The molecule has 2 aromatic rings. The maximum atomic E-state index is 6.02. The lowest BCUT2D eigenvalue weighted by Crippen LogP contribution is -2.20. The van der Waals surface area contributed by atoms with Crippen LogP contribution in [-0.4, -0.2) is 6.26 Å². The monoisotopic (exact) mass is 380 g/mol. The number of nitrogens with one attached hydrogen (secondary N) is 1. The molecule has 0 spiro atoms. The van der Waals surface area contributed by atoms with Crippen LogP contribution in [0.3, 0.4) is 0 Å². The highest BCUT2D eigenvalue weighted by Crippen LogP contribution is 2.34. The van der Waals surface area contributed by atoms with Crippen molar-refractivity contribution in [2.75, 3.05) is 12.0 Å². The van der Waals surface area contributed by atoms with Crippen LogP contribution in [0, 0.1) is 13.8 Å². The molecule has 1 aliphatic carbocycles. The minimum atomic E-state index is 0.232. The maximum Gasteiger partial charge on any atom is 0.0974 e. The van der Waals surface area contributed by atoms with Gasteiger partial charge < -0.3 is 11.1 Å². The normalized spacial score (nSPS) is 17.3. The summed E-state index contributed by atoms with van der Waals surface area (Å²) in [4.78, 5) is 0. The zero-order valence-electron chi connectivity index (χ0n) is 17.1. The van der Waals surface area contributed by atoms with E-state index in [2.05, 4.69) is 69.3 Å². The van der Waals surface area contributed by atoms with Gasteiger partial charge in [-0.25, -0.2) is 0 Å². The number of hydrogen-bond acceptors (Lipinski definition) is 3. The second-order valence-corrected chi connectivity index (χ2v) is 8.87. The van der Waals surface area contributed by atoms with E-state index in [9.17, 15) is 0 Å². The van der Waals surface area contributed by atoms with Crippen molar-refractivity contribution >= 4 is 17.4 Å². The van der Waals surface area contributed by atoms with E-state index in [1.807, 2.05) is 11.8 Å². The average molecular weight is 381 g/mol. The number of benzene rings is 2. The summed E-state index contributed by atoms with van der Waals surface area (Å²) in [7, 11) is 0. The first-order chi connectivity index (χ1) is 12.9. The molecule has 0 bridgehead atoms. The van der Waals surface area contributed by atoms with Gasteiger partial charge in [-0.05, 0) is 84.7 Å². The van der Waals surface area contributed by atoms with Crippen molar-refractivity contribution in [2.24, 2.45) is 0 Å². The van der Waals surface area contributed by atoms with E-state index in [0.29, 0.717) is 5.92 Å². The number of anilines is 1. The predicted octanol–water partition coefficient (Wildman–Crippen LogP) is 6.03. The van der Waals surface area contributed by atoms with Gasteiger partial charge in [0.1, 0.15) is 0 Å². The summed E-state index contributed by atoms with van der Waals surface area (Å²) >= 11 is 1.83. The summed E-state index contributed by atoms with van der Waals surface area (Å²) in [6, 6.07) is 11.3. The maximum absolute atomic E-state index is 6.02. The summed E-state index contributed by atoms with van der Waals surface area (Å²) in [5.74, 6) is 0.690. The Bertz CT molecular complexity index is 841. The Morgan fingerprint density at radius 3 is 2.78 bits per heavy atom. The molecule has 2 nitrogen and oxygen atoms in total. The van der Waals surface area contributed by atoms with Gasteiger partial charge in [-0.15, -0.1) is 11.8 Å². The standard InChI is InChI=1S/C24H32N2S/c1-15-7-6-8-19-14-20(9-10-22(15)19)24(27-5)26-18(4)13-21-11-17(3)23(25)12-16(21)2/h9-12,14-15,24,26H,4,6-8,13,25H2,1-3,5H3. The fourth-order valence-corrected chi connectivity index (χ4v) is 4.78. The molecular weight excluding hydrogens is 348 g/mol. The number of nitrogens with two attached hydrogens (primary N) is 1. The van der Waals surface area contributed by atoms with Gasteiger partial charge >= 0.3 is 0 Å². The van der Waals surface area contributed by atoms with Crippen LogP contribution in [0.5, 0.6) is 0 Å². The van der Waals surface area contributed by atoms with Crippen LogP contribution in [0.15, 0.2) is 42.6 Å². The molecule has 0 saturated heterocycles. The lowest BCUT2D eigenvalue weighted by atomic mass is 9.83. The van der Waals surface area contributed by atoms with Gasteiger partial charge in [-0.3, -0.25) is 0 Å². The molecule has 0 radical (unpaired) electrons. The number of thioether (sulfide) groups is 1. The Balaban J connectivity index is 1.73. The molecular formula is C24H32N2S. The van der Waals surface area contributed by atoms with Gasteiger partial charge in [0, 0.05) is 17.8 Å². The molecule has 3 rings (SSSR count). The van der Waals surface area contributed by atoms with Crippen LogP contribution >= 0.6 is 11.8 Å². The molecule has 2 atom stereocenters. The van der Waals surface area contributed by atoms with Crippen molar-refractivity contribution in [1.29, 1.82) is 0 Å². The number of aryl methyl sites for hydroxylation is 3. The van der Waals surface area contributed by atoms with Gasteiger partial charge in [0.25, 0.3) is 0 Å². The zero-order valence-corrected chi connectivity index (χ0v) is 17.9. The molecule has 0 aliphatic heterocycles. The van der Waals surface area contributed by atoms with Crippen LogP contribution in [0.25, 0.3) is 0 Å². The third-order valence-electron chi connectivity index (χ3n) is 5.78. The van der Waals surface area contributed by atoms with Crippen LogP contribution in [0.4, 0.5) is 5.69 Å². The molecule has 2 aromatic carbocycles. The molecule has 3 heteroatoms. The molecule has 3 N–H and O–H groups in total. The number of hydrogen-bond donors (Lipinski definition) is 2. The highest BCUT2D eigenvalue weighted by Gasteiger charge is 2.19. The minimum absolute atomic E-state index is 0.232. The van der Waals surface area contributed by atoms with E-state index in [1.54, 1.807) is 0 Å². The first-order valence-electron chi connectivity index (χ1n) is 9.84. The van der Waals surface area contributed by atoms with Crippen LogP contribution in [0.1, 0.15) is 64.4 Å². The van der Waals surface area contributed by atoms with Crippen molar-refractivity contribution in [2.45, 2.75) is 57.7 Å². The molecule has 0 aromatic heterocycles. The Morgan fingerprint density at radius 2 is 2.04 bits per heavy atom. The van der Waals surface area contributed by atoms with E-state index in [0.717, 1.165) is 23.4 Å². The topological polar surface area (TPSA) is 38.0 Å². The number of allylic oxidation sites excluding steroid dienone is 1. The minimum Gasteiger partial charge on any atom is -0.399 e. The second-order valence-electron chi connectivity index (χ2n) is 7.93. The van der Waals surface area contributed by atoms with E-state index in [1.165, 1.54) is 47.1 Å². The first-order valence-corrected chi connectivity index (χ1v) is 11.1. The summed E-state index contributed by atoms with van der Waals surface area (Å²) in [6.45, 7) is 10.8. The largest absolute Gasteiger partial charge is 0.399 e. The molecule has 0 saturated carbocycles. The number of rotatable bonds is 6. The molecule has 0 amide bonds. The Morgan fingerprint density at radius 1 is 1.26 bits per heavy atom. The fraction of sp³-hybridized carbons (Fsp3) is 0.417. The van der Waals surface area contributed by atoms with Gasteiger partial charge in [0.05, 0.1) is 5.37 Å². The van der Waals surface area contributed by atoms with Crippen LogP contribution in [-0.2, 0) is 12.8 Å². The smallest absolute Gasteiger partial charge is 0.0974 e. The third kappa shape index (κ3) is 4.52. The van der Waals surface area contributed by atoms with Crippen LogP contribution < -0.4 is 11.1 Å². The van der Waals surface area contributed by atoms with Crippen molar-refractivity contribution in [3.05, 3.63) is 76.0 Å². The highest BCUT2D eigenvalue weighted by molar-refractivity contribution is 7.98. The lowest BCUT2D eigenvalue weighted by Gasteiger charge is -2.26. The third-order valence-corrected chi connectivity index (χ3v) is 6.64. The fourth-order valence-electron chi connectivity index (χ4n) is 4.07. The molecule has 1 aliphatic rings. The average Bonchev–Trinajstić information content (AvgIpc) is 2.64. The van der Waals surface area contributed by atoms with Crippen molar-refractivity contribution in [3.63, 3.8) is 0 Å². The SMILES string of the molecule is C=C(Cc1cc(C)c(N)cc1C)NC(SC)c1ccc2c(c1)CCCC2C. The quantitative estimate of drug-likeness (QED) is 0.474. The van der Waals surface area contributed by atoms with Gasteiger partial charge in [0.15, 0.2) is 0 Å². The summed E-state index contributed by atoms with van der Waals surface area (Å²) in [6.07, 6.45) is 6.81. The molecule has 0 fully saturated rings. The molecule has 2 unspecified atom stereocenters. The molecule has 144 valence electrons. The number of fused-ring (bicyclic) bond motifs is 1. The number of nitrogen functional groups attached to an aromatic ring is 1. The van der Waals surface area contributed by atoms with Crippen molar-refractivity contribution < 1.29 is 0 Å².